The average molecular weight is 411 g/mol. The standard InChI is InChI=1S/C20H18N4O2S2/c1-12(25)21-10-14-6-7-18(28-14)17-11-27-20(23-17)24-19(26)8-13-9-22-16-5-3-2-4-15(13)16/h2-7,9,11,22H,8,10H2,1H3,(H,21,25)(H,23,24,26). The number of anilines is 1. The molecule has 8 heteroatoms. The molecule has 1 aromatic carbocycles. The minimum atomic E-state index is -0.0943. The molecule has 0 unspecified atom stereocenters. The molecular weight excluding hydrogens is 392 g/mol. The monoisotopic (exact) mass is 410 g/mol. The molecule has 3 aromatic heterocycles. The van der Waals surface area contributed by atoms with Crippen LogP contribution in [0.25, 0.3) is 21.5 Å². The number of thiazole rings is 1. The van der Waals surface area contributed by atoms with Gasteiger partial charge in [0.15, 0.2) is 5.13 Å². The molecule has 4 aromatic rings. The van der Waals surface area contributed by atoms with Crippen molar-refractivity contribution in [1.82, 2.24) is 15.3 Å². The van der Waals surface area contributed by atoms with Crippen molar-refractivity contribution in [3.63, 3.8) is 0 Å². The smallest absolute Gasteiger partial charge is 0.230 e. The lowest BCUT2D eigenvalue weighted by Gasteiger charge is -2.01. The molecule has 0 atom stereocenters. The lowest BCUT2D eigenvalue weighted by molar-refractivity contribution is -0.119. The number of thiophene rings is 1. The first-order chi connectivity index (χ1) is 13.6. The first-order valence-corrected chi connectivity index (χ1v) is 10.4. The number of hydrogen-bond donors (Lipinski definition) is 3. The number of nitrogens with zero attached hydrogens (tertiary/aromatic N) is 1. The van der Waals surface area contributed by atoms with Gasteiger partial charge in [-0.15, -0.1) is 22.7 Å². The van der Waals surface area contributed by atoms with Crippen LogP contribution < -0.4 is 10.6 Å². The second kappa shape index (κ2) is 7.95. The van der Waals surface area contributed by atoms with E-state index in [4.69, 9.17) is 0 Å². The third-order valence-electron chi connectivity index (χ3n) is 4.20. The summed E-state index contributed by atoms with van der Waals surface area (Å²) in [6.45, 7) is 2.01. The molecule has 0 spiro atoms. The molecule has 142 valence electrons. The van der Waals surface area contributed by atoms with Gasteiger partial charge in [0, 0.05) is 34.3 Å². The van der Waals surface area contributed by atoms with E-state index in [9.17, 15) is 9.59 Å². The predicted molar refractivity (Wildman–Crippen MR) is 114 cm³/mol. The summed E-state index contributed by atoms with van der Waals surface area (Å²) in [4.78, 5) is 33.2. The van der Waals surface area contributed by atoms with Crippen molar-refractivity contribution in [3.8, 4) is 10.6 Å². The Kier molecular flexibility index (Phi) is 5.23. The molecule has 0 saturated heterocycles. The largest absolute Gasteiger partial charge is 0.361 e. The van der Waals surface area contributed by atoms with Crippen LogP contribution in [0.4, 0.5) is 5.13 Å². The van der Waals surface area contributed by atoms with E-state index in [0.717, 1.165) is 31.9 Å². The molecule has 0 aliphatic carbocycles. The Balaban J connectivity index is 1.40. The summed E-state index contributed by atoms with van der Waals surface area (Å²) < 4.78 is 0. The highest BCUT2D eigenvalue weighted by Gasteiger charge is 2.12. The van der Waals surface area contributed by atoms with Crippen LogP contribution in [-0.2, 0) is 22.6 Å². The van der Waals surface area contributed by atoms with E-state index < -0.39 is 0 Å². The summed E-state index contributed by atoms with van der Waals surface area (Å²) in [5, 5.41) is 9.23. The number of carbonyl (C=O) groups is 2. The van der Waals surface area contributed by atoms with Crippen LogP contribution in [0.5, 0.6) is 0 Å². The van der Waals surface area contributed by atoms with Gasteiger partial charge in [0.05, 0.1) is 23.5 Å². The van der Waals surface area contributed by atoms with E-state index in [0.29, 0.717) is 18.1 Å². The quantitative estimate of drug-likeness (QED) is 0.446. The van der Waals surface area contributed by atoms with Crippen molar-refractivity contribution in [3.05, 3.63) is 58.4 Å². The first-order valence-electron chi connectivity index (χ1n) is 8.72. The van der Waals surface area contributed by atoms with E-state index in [2.05, 4.69) is 20.6 Å². The molecule has 0 aliphatic heterocycles. The zero-order chi connectivity index (χ0) is 19.5. The van der Waals surface area contributed by atoms with Crippen LogP contribution in [-0.4, -0.2) is 21.8 Å². The lowest BCUT2D eigenvalue weighted by Crippen LogP contribution is -2.17. The van der Waals surface area contributed by atoms with E-state index in [1.165, 1.54) is 18.3 Å². The van der Waals surface area contributed by atoms with Crippen molar-refractivity contribution in [1.29, 1.82) is 0 Å². The van der Waals surface area contributed by atoms with Gasteiger partial charge in [-0.05, 0) is 23.8 Å². The number of rotatable bonds is 6. The van der Waals surface area contributed by atoms with Crippen LogP contribution in [0, 0.1) is 0 Å². The molecule has 4 rings (SSSR count). The number of aromatic nitrogens is 2. The van der Waals surface area contributed by atoms with Crippen molar-refractivity contribution in [2.75, 3.05) is 5.32 Å². The summed E-state index contributed by atoms with van der Waals surface area (Å²) >= 11 is 2.98. The zero-order valence-electron chi connectivity index (χ0n) is 15.1. The second-order valence-electron chi connectivity index (χ2n) is 6.30. The zero-order valence-corrected chi connectivity index (χ0v) is 16.7. The van der Waals surface area contributed by atoms with Crippen LogP contribution in [0.15, 0.2) is 48.0 Å². The lowest BCUT2D eigenvalue weighted by atomic mass is 10.1. The molecule has 2 amide bonds. The number of hydrogen-bond acceptors (Lipinski definition) is 5. The van der Waals surface area contributed by atoms with Gasteiger partial charge < -0.3 is 15.6 Å². The maximum atomic E-state index is 12.4. The minimum absolute atomic E-state index is 0.0520. The van der Waals surface area contributed by atoms with E-state index >= 15 is 0 Å². The molecule has 0 fully saturated rings. The van der Waals surface area contributed by atoms with Gasteiger partial charge in [-0.1, -0.05) is 18.2 Å². The molecule has 28 heavy (non-hydrogen) atoms. The number of para-hydroxylation sites is 1. The number of aromatic amines is 1. The SMILES string of the molecule is CC(=O)NCc1ccc(-c2csc(NC(=O)Cc3c[nH]c4ccccc34)n2)s1. The maximum Gasteiger partial charge on any atom is 0.230 e. The number of carbonyl (C=O) groups excluding carboxylic acids is 2. The van der Waals surface area contributed by atoms with Gasteiger partial charge in [-0.25, -0.2) is 4.98 Å². The average Bonchev–Trinajstić information content (AvgIpc) is 3.40. The Morgan fingerprint density at radius 3 is 2.89 bits per heavy atom. The molecular formula is C20H18N4O2S2. The third-order valence-corrected chi connectivity index (χ3v) is 6.07. The number of nitrogens with one attached hydrogen (secondary N) is 3. The minimum Gasteiger partial charge on any atom is -0.361 e. The van der Waals surface area contributed by atoms with Crippen molar-refractivity contribution < 1.29 is 9.59 Å². The Labute approximate surface area is 169 Å². The van der Waals surface area contributed by atoms with Gasteiger partial charge in [0.25, 0.3) is 0 Å². The van der Waals surface area contributed by atoms with Crippen molar-refractivity contribution in [2.24, 2.45) is 0 Å². The third kappa shape index (κ3) is 4.13. The number of fused-ring (bicyclic) bond motifs is 1. The Hall–Kier alpha value is -2.97. The molecule has 0 bridgehead atoms. The Morgan fingerprint density at radius 1 is 1.18 bits per heavy atom. The highest BCUT2D eigenvalue weighted by Crippen LogP contribution is 2.31. The summed E-state index contributed by atoms with van der Waals surface area (Å²) in [7, 11) is 0. The number of H-pyrrole nitrogens is 1. The number of amides is 2. The summed E-state index contributed by atoms with van der Waals surface area (Å²) in [6, 6.07) is 11.9. The Bertz CT molecular complexity index is 1140. The Morgan fingerprint density at radius 2 is 2.04 bits per heavy atom. The maximum absolute atomic E-state index is 12.4. The number of benzene rings is 1. The molecule has 0 radical (unpaired) electrons. The van der Waals surface area contributed by atoms with Gasteiger partial charge in [0.2, 0.25) is 11.8 Å². The summed E-state index contributed by atoms with van der Waals surface area (Å²) in [5.74, 6) is -0.146. The van der Waals surface area contributed by atoms with Crippen LogP contribution in [0.3, 0.4) is 0 Å². The molecule has 3 heterocycles. The summed E-state index contributed by atoms with van der Waals surface area (Å²) in [5.41, 5.74) is 2.81. The molecule has 3 N–H and O–H groups in total. The van der Waals surface area contributed by atoms with Gasteiger partial charge in [-0.2, -0.15) is 0 Å². The van der Waals surface area contributed by atoms with E-state index in [-0.39, 0.29) is 11.8 Å². The molecule has 0 saturated carbocycles. The van der Waals surface area contributed by atoms with Crippen molar-refractivity contribution in [2.45, 2.75) is 19.9 Å². The fraction of sp³-hybridized carbons (Fsp3) is 0.150. The van der Waals surface area contributed by atoms with Crippen LogP contribution >= 0.6 is 22.7 Å². The van der Waals surface area contributed by atoms with E-state index in [1.54, 1.807) is 11.3 Å². The van der Waals surface area contributed by atoms with Gasteiger partial charge >= 0.3 is 0 Å². The topological polar surface area (TPSA) is 86.9 Å². The van der Waals surface area contributed by atoms with Crippen molar-refractivity contribution >= 4 is 50.5 Å². The van der Waals surface area contributed by atoms with E-state index in [1.807, 2.05) is 48.0 Å². The first kappa shape index (κ1) is 18.4. The normalized spacial score (nSPS) is 10.9. The fourth-order valence-corrected chi connectivity index (χ4v) is 4.59. The molecule has 0 aliphatic rings. The van der Waals surface area contributed by atoms with Crippen LogP contribution in [0.2, 0.25) is 0 Å². The van der Waals surface area contributed by atoms with Gasteiger partial charge in [0.1, 0.15) is 0 Å². The highest BCUT2D eigenvalue weighted by atomic mass is 32.1. The summed E-state index contributed by atoms with van der Waals surface area (Å²) in [6.07, 6.45) is 2.17. The molecule has 6 nitrogen and oxygen atoms in total. The second-order valence-corrected chi connectivity index (χ2v) is 8.32. The van der Waals surface area contributed by atoms with Crippen LogP contribution in [0.1, 0.15) is 17.4 Å². The predicted octanol–water partition coefficient (Wildman–Crippen LogP) is 4.17. The highest BCUT2D eigenvalue weighted by molar-refractivity contribution is 7.17. The van der Waals surface area contributed by atoms with Gasteiger partial charge in [-0.3, -0.25) is 9.59 Å². The fourth-order valence-electron chi connectivity index (χ4n) is 2.88.